The Morgan fingerprint density at radius 1 is 1.03 bits per heavy atom. The smallest absolute Gasteiger partial charge is 0.254 e. The van der Waals surface area contributed by atoms with E-state index in [2.05, 4.69) is 20.3 Å². The summed E-state index contributed by atoms with van der Waals surface area (Å²) in [7, 11) is 1.58. The number of nitrogens with zero attached hydrogens (tertiary/aromatic N) is 5. The normalized spacial score (nSPS) is 13.8. The number of aromatic nitrogens is 4. The topological polar surface area (TPSA) is 94.4 Å². The fraction of sp³-hybridized carbons (Fsp3) is 0.217. The third-order valence-electron chi connectivity index (χ3n) is 5.32. The first-order valence-corrected chi connectivity index (χ1v) is 10.3. The first-order chi connectivity index (χ1) is 15.7. The summed E-state index contributed by atoms with van der Waals surface area (Å²) in [5.41, 5.74) is 3.09. The number of benzene rings is 1. The van der Waals surface area contributed by atoms with Gasteiger partial charge in [0, 0.05) is 48.2 Å². The number of anilines is 2. The van der Waals surface area contributed by atoms with Gasteiger partial charge < -0.3 is 24.3 Å². The van der Waals surface area contributed by atoms with Crippen LogP contribution >= 0.6 is 0 Å². The maximum atomic E-state index is 12.7. The molecule has 0 atom stereocenters. The standard InChI is InChI=1S/C23H22N6O3/c1-31-20-7-4-18(15-24-20)26-23-25-14-17-8-9-29(21(17)27-23)19-5-2-16(3-6-19)22(30)28-10-12-32-13-11-28/h2-9,14-15H,10-13H2,1H3,(H,25,26,27). The van der Waals surface area contributed by atoms with Gasteiger partial charge in [-0.05, 0) is 36.4 Å². The van der Waals surface area contributed by atoms with Crippen LogP contribution in [-0.4, -0.2) is 63.7 Å². The molecule has 4 heterocycles. The fourth-order valence-corrected chi connectivity index (χ4v) is 3.60. The summed E-state index contributed by atoms with van der Waals surface area (Å²) in [5, 5.41) is 4.08. The van der Waals surface area contributed by atoms with E-state index in [1.54, 1.807) is 25.6 Å². The summed E-state index contributed by atoms with van der Waals surface area (Å²) in [6.07, 6.45) is 5.38. The van der Waals surface area contributed by atoms with Gasteiger partial charge in [-0.3, -0.25) is 4.79 Å². The number of nitrogens with one attached hydrogen (secondary N) is 1. The van der Waals surface area contributed by atoms with Crippen LogP contribution in [0.25, 0.3) is 16.7 Å². The SMILES string of the molecule is COc1ccc(Nc2ncc3ccn(-c4ccc(C(=O)N5CCOCC5)cc4)c3n2)cn1. The molecule has 162 valence electrons. The Morgan fingerprint density at radius 2 is 1.84 bits per heavy atom. The van der Waals surface area contributed by atoms with Crippen molar-refractivity contribution >= 4 is 28.6 Å². The predicted octanol–water partition coefficient (Wildman–Crippen LogP) is 3.04. The molecule has 0 unspecified atom stereocenters. The molecule has 32 heavy (non-hydrogen) atoms. The molecule has 4 aromatic rings. The van der Waals surface area contributed by atoms with Crippen LogP contribution in [0.15, 0.2) is 61.1 Å². The quantitative estimate of drug-likeness (QED) is 0.520. The van der Waals surface area contributed by atoms with Crippen LogP contribution < -0.4 is 10.1 Å². The monoisotopic (exact) mass is 430 g/mol. The Bertz CT molecular complexity index is 1230. The van der Waals surface area contributed by atoms with Crippen LogP contribution in [0, 0.1) is 0 Å². The average molecular weight is 430 g/mol. The predicted molar refractivity (Wildman–Crippen MR) is 120 cm³/mol. The van der Waals surface area contributed by atoms with Crippen molar-refractivity contribution in [1.29, 1.82) is 0 Å². The minimum absolute atomic E-state index is 0.0270. The molecule has 1 aromatic carbocycles. The largest absolute Gasteiger partial charge is 0.481 e. The van der Waals surface area contributed by atoms with Crippen molar-refractivity contribution < 1.29 is 14.3 Å². The molecule has 0 saturated carbocycles. The van der Waals surface area contributed by atoms with Gasteiger partial charge in [0.2, 0.25) is 11.8 Å². The van der Waals surface area contributed by atoms with Crippen molar-refractivity contribution in [3.05, 3.63) is 66.6 Å². The lowest BCUT2D eigenvalue weighted by molar-refractivity contribution is 0.0303. The highest BCUT2D eigenvalue weighted by Gasteiger charge is 2.18. The maximum Gasteiger partial charge on any atom is 0.254 e. The van der Waals surface area contributed by atoms with Crippen molar-refractivity contribution in [3.8, 4) is 11.6 Å². The molecule has 0 bridgehead atoms. The third kappa shape index (κ3) is 3.97. The zero-order valence-electron chi connectivity index (χ0n) is 17.6. The summed E-state index contributed by atoms with van der Waals surface area (Å²) >= 11 is 0. The van der Waals surface area contributed by atoms with Crippen molar-refractivity contribution in [2.24, 2.45) is 0 Å². The molecule has 1 aliphatic heterocycles. The number of amides is 1. The molecule has 3 aromatic heterocycles. The Kier molecular flexibility index (Phi) is 5.39. The molecular formula is C23H22N6O3. The van der Waals surface area contributed by atoms with E-state index < -0.39 is 0 Å². The molecule has 1 fully saturated rings. The number of ether oxygens (including phenoxy) is 2. The van der Waals surface area contributed by atoms with Crippen LogP contribution in [-0.2, 0) is 4.74 Å². The lowest BCUT2D eigenvalue weighted by atomic mass is 10.1. The van der Waals surface area contributed by atoms with Crippen molar-refractivity contribution in [2.75, 3.05) is 38.7 Å². The molecule has 9 heteroatoms. The Labute approximate surface area is 184 Å². The minimum Gasteiger partial charge on any atom is -0.481 e. The molecule has 0 spiro atoms. The van der Waals surface area contributed by atoms with Gasteiger partial charge in [0.25, 0.3) is 5.91 Å². The van der Waals surface area contributed by atoms with E-state index in [0.717, 1.165) is 22.4 Å². The van der Waals surface area contributed by atoms with Crippen LogP contribution in [0.1, 0.15) is 10.4 Å². The van der Waals surface area contributed by atoms with Crippen molar-refractivity contribution in [3.63, 3.8) is 0 Å². The zero-order chi connectivity index (χ0) is 21.9. The first kappa shape index (κ1) is 20.0. The van der Waals surface area contributed by atoms with Gasteiger partial charge in [-0.25, -0.2) is 9.97 Å². The van der Waals surface area contributed by atoms with Crippen LogP contribution in [0.4, 0.5) is 11.6 Å². The summed E-state index contributed by atoms with van der Waals surface area (Å²) in [6.45, 7) is 2.42. The first-order valence-electron chi connectivity index (χ1n) is 10.3. The lowest BCUT2D eigenvalue weighted by Crippen LogP contribution is -2.40. The van der Waals surface area contributed by atoms with Crippen LogP contribution in [0.3, 0.4) is 0 Å². The number of rotatable bonds is 5. The fourth-order valence-electron chi connectivity index (χ4n) is 3.60. The number of hydrogen-bond donors (Lipinski definition) is 1. The average Bonchev–Trinajstić information content (AvgIpc) is 3.28. The molecule has 9 nitrogen and oxygen atoms in total. The highest BCUT2D eigenvalue weighted by atomic mass is 16.5. The van der Waals surface area contributed by atoms with Crippen molar-refractivity contribution in [1.82, 2.24) is 24.4 Å². The van der Waals surface area contributed by atoms with Gasteiger partial charge in [0.05, 0.1) is 32.2 Å². The Morgan fingerprint density at radius 3 is 2.56 bits per heavy atom. The van der Waals surface area contributed by atoms with E-state index in [1.807, 2.05) is 52.1 Å². The second kappa shape index (κ2) is 8.64. The highest BCUT2D eigenvalue weighted by Crippen LogP contribution is 2.22. The molecule has 5 rings (SSSR count). The number of morpholine rings is 1. The van der Waals surface area contributed by atoms with E-state index in [0.29, 0.717) is 43.7 Å². The Hall–Kier alpha value is -3.98. The van der Waals surface area contributed by atoms with E-state index in [-0.39, 0.29) is 5.91 Å². The molecule has 1 saturated heterocycles. The number of fused-ring (bicyclic) bond motifs is 1. The highest BCUT2D eigenvalue weighted by molar-refractivity contribution is 5.94. The zero-order valence-corrected chi connectivity index (χ0v) is 17.6. The van der Waals surface area contributed by atoms with Crippen LogP contribution in [0.2, 0.25) is 0 Å². The van der Waals surface area contributed by atoms with Gasteiger partial charge in [-0.15, -0.1) is 0 Å². The van der Waals surface area contributed by atoms with Gasteiger partial charge in [-0.1, -0.05) is 0 Å². The Balaban J connectivity index is 1.38. The summed E-state index contributed by atoms with van der Waals surface area (Å²) in [4.78, 5) is 27.8. The van der Waals surface area contributed by atoms with E-state index >= 15 is 0 Å². The summed E-state index contributed by atoms with van der Waals surface area (Å²) in [6, 6.07) is 13.1. The van der Waals surface area contributed by atoms with Crippen LogP contribution in [0.5, 0.6) is 5.88 Å². The minimum atomic E-state index is 0.0270. The third-order valence-corrected chi connectivity index (χ3v) is 5.32. The summed E-state index contributed by atoms with van der Waals surface area (Å²) < 4.78 is 12.4. The molecule has 0 aliphatic carbocycles. The lowest BCUT2D eigenvalue weighted by Gasteiger charge is -2.26. The van der Waals surface area contributed by atoms with Gasteiger partial charge in [0.1, 0.15) is 5.65 Å². The second-order valence-corrected chi connectivity index (χ2v) is 7.32. The maximum absolute atomic E-state index is 12.7. The van der Waals surface area contributed by atoms with Gasteiger partial charge in [-0.2, -0.15) is 4.98 Å². The van der Waals surface area contributed by atoms with Gasteiger partial charge in [0.15, 0.2) is 0 Å². The molecule has 0 radical (unpaired) electrons. The second-order valence-electron chi connectivity index (χ2n) is 7.32. The summed E-state index contributed by atoms with van der Waals surface area (Å²) in [5.74, 6) is 1.03. The number of pyridine rings is 1. The molecule has 1 amide bonds. The van der Waals surface area contributed by atoms with Crippen molar-refractivity contribution in [2.45, 2.75) is 0 Å². The molecule has 1 aliphatic rings. The molecular weight excluding hydrogens is 408 g/mol. The number of carbonyl (C=O) groups excluding carboxylic acids is 1. The van der Waals surface area contributed by atoms with E-state index in [9.17, 15) is 4.79 Å². The van der Waals surface area contributed by atoms with E-state index in [4.69, 9.17) is 9.47 Å². The number of carbonyl (C=O) groups is 1. The van der Waals surface area contributed by atoms with Gasteiger partial charge >= 0.3 is 0 Å². The van der Waals surface area contributed by atoms with E-state index in [1.165, 1.54) is 0 Å². The molecule has 1 N–H and O–H groups in total. The number of hydrogen-bond acceptors (Lipinski definition) is 7. The number of methoxy groups -OCH3 is 1.